The van der Waals surface area contributed by atoms with Crippen molar-refractivity contribution in [2.75, 3.05) is 0 Å². The molecule has 16 heavy (non-hydrogen) atoms. The first-order chi connectivity index (χ1) is 7.68. The molecule has 1 aromatic heterocycles. The van der Waals surface area contributed by atoms with Crippen molar-refractivity contribution in [2.24, 2.45) is 0 Å². The molecule has 0 N–H and O–H groups in total. The molecule has 0 spiro atoms. The molecule has 0 aromatic carbocycles. The Balaban J connectivity index is 2.39. The SMILES string of the molecule is Cc1cc(=O)n(C2CCCCCC2)c(=O)o1. The highest BCUT2D eigenvalue weighted by Gasteiger charge is 2.18. The van der Waals surface area contributed by atoms with Gasteiger partial charge < -0.3 is 4.42 Å². The summed E-state index contributed by atoms with van der Waals surface area (Å²) in [5.74, 6) is -0.114. The summed E-state index contributed by atoms with van der Waals surface area (Å²) in [4.78, 5) is 23.4. The van der Waals surface area contributed by atoms with Gasteiger partial charge in [-0.15, -0.1) is 0 Å². The van der Waals surface area contributed by atoms with E-state index < -0.39 is 5.76 Å². The standard InChI is InChI=1S/C12H17NO3/c1-9-8-11(14)13(12(15)16-9)10-6-4-2-3-5-7-10/h8,10H,2-7H2,1H3. The summed E-state index contributed by atoms with van der Waals surface area (Å²) in [6.45, 7) is 1.63. The highest BCUT2D eigenvalue weighted by molar-refractivity contribution is 4.93. The Bertz CT molecular complexity index is 433. The van der Waals surface area contributed by atoms with E-state index in [0.717, 1.165) is 25.7 Å². The lowest BCUT2D eigenvalue weighted by Crippen LogP contribution is -2.35. The van der Waals surface area contributed by atoms with E-state index in [-0.39, 0.29) is 11.6 Å². The van der Waals surface area contributed by atoms with Crippen LogP contribution in [0.1, 0.15) is 50.3 Å². The molecule has 0 saturated heterocycles. The first kappa shape index (κ1) is 11.2. The molecular weight excluding hydrogens is 206 g/mol. The molecule has 0 bridgehead atoms. The van der Waals surface area contributed by atoms with Gasteiger partial charge >= 0.3 is 5.76 Å². The molecule has 1 aromatic rings. The van der Waals surface area contributed by atoms with Crippen molar-refractivity contribution in [3.05, 3.63) is 32.7 Å². The average molecular weight is 223 g/mol. The van der Waals surface area contributed by atoms with Gasteiger partial charge in [-0.3, -0.25) is 4.79 Å². The Hall–Kier alpha value is -1.32. The third kappa shape index (κ3) is 2.26. The van der Waals surface area contributed by atoms with E-state index in [9.17, 15) is 9.59 Å². The second kappa shape index (κ2) is 4.68. The molecule has 1 aliphatic rings. The summed E-state index contributed by atoms with van der Waals surface area (Å²) < 4.78 is 6.28. The second-order valence-corrected chi connectivity index (χ2v) is 4.48. The summed E-state index contributed by atoms with van der Waals surface area (Å²) in [6.07, 6.45) is 6.39. The van der Waals surface area contributed by atoms with Crippen LogP contribution in [-0.4, -0.2) is 4.57 Å². The molecule has 1 aliphatic carbocycles. The Morgan fingerprint density at radius 1 is 1.19 bits per heavy atom. The van der Waals surface area contributed by atoms with Crippen LogP contribution in [0.25, 0.3) is 0 Å². The quantitative estimate of drug-likeness (QED) is 0.684. The summed E-state index contributed by atoms with van der Waals surface area (Å²) >= 11 is 0. The predicted molar refractivity (Wildman–Crippen MR) is 60.7 cm³/mol. The van der Waals surface area contributed by atoms with Crippen LogP contribution in [0.2, 0.25) is 0 Å². The fourth-order valence-electron chi connectivity index (χ4n) is 2.39. The van der Waals surface area contributed by atoms with Gasteiger partial charge in [-0.1, -0.05) is 25.7 Å². The molecule has 0 radical (unpaired) electrons. The van der Waals surface area contributed by atoms with E-state index >= 15 is 0 Å². The molecule has 0 amide bonds. The van der Waals surface area contributed by atoms with Crippen molar-refractivity contribution in [1.29, 1.82) is 0 Å². The topological polar surface area (TPSA) is 52.2 Å². The van der Waals surface area contributed by atoms with Crippen molar-refractivity contribution < 1.29 is 4.42 Å². The number of hydrogen-bond donors (Lipinski definition) is 0. The minimum Gasteiger partial charge on any atom is -0.415 e. The van der Waals surface area contributed by atoms with Gasteiger partial charge in [-0.2, -0.15) is 0 Å². The van der Waals surface area contributed by atoms with Crippen molar-refractivity contribution in [1.82, 2.24) is 4.57 Å². The van der Waals surface area contributed by atoms with E-state index in [2.05, 4.69) is 0 Å². The summed E-state index contributed by atoms with van der Waals surface area (Å²) in [7, 11) is 0. The maximum absolute atomic E-state index is 11.8. The highest BCUT2D eigenvalue weighted by atomic mass is 16.4. The molecule has 88 valence electrons. The zero-order valence-corrected chi connectivity index (χ0v) is 9.57. The molecule has 1 saturated carbocycles. The van der Waals surface area contributed by atoms with Crippen LogP contribution in [-0.2, 0) is 0 Å². The van der Waals surface area contributed by atoms with E-state index in [1.165, 1.54) is 23.5 Å². The molecule has 4 heteroatoms. The van der Waals surface area contributed by atoms with Gasteiger partial charge in [-0.25, -0.2) is 9.36 Å². The van der Waals surface area contributed by atoms with Crippen LogP contribution in [0.5, 0.6) is 0 Å². The number of nitrogens with zero attached hydrogens (tertiary/aromatic N) is 1. The van der Waals surface area contributed by atoms with Crippen LogP contribution in [0.3, 0.4) is 0 Å². The minimum atomic E-state index is -0.503. The molecule has 1 fully saturated rings. The van der Waals surface area contributed by atoms with Crippen molar-refractivity contribution in [3.63, 3.8) is 0 Å². The zero-order chi connectivity index (χ0) is 11.5. The minimum absolute atomic E-state index is 0.0341. The number of aromatic nitrogens is 1. The first-order valence-electron chi connectivity index (χ1n) is 5.92. The number of hydrogen-bond acceptors (Lipinski definition) is 3. The van der Waals surface area contributed by atoms with Gasteiger partial charge in [0.25, 0.3) is 5.56 Å². The molecule has 0 aliphatic heterocycles. The maximum Gasteiger partial charge on any atom is 0.422 e. The number of aryl methyl sites for hydroxylation is 1. The summed E-state index contributed by atoms with van der Waals surface area (Å²) in [5.41, 5.74) is -0.222. The van der Waals surface area contributed by atoms with Crippen LogP contribution in [0, 0.1) is 6.92 Å². The Labute approximate surface area is 93.9 Å². The van der Waals surface area contributed by atoms with Crippen LogP contribution < -0.4 is 11.3 Å². The van der Waals surface area contributed by atoms with Gasteiger partial charge in [0.1, 0.15) is 5.76 Å². The van der Waals surface area contributed by atoms with E-state index in [1.807, 2.05) is 0 Å². The van der Waals surface area contributed by atoms with Gasteiger partial charge in [0, 0.05) is 12.1 Å². The molecule has 1 heterocycles. The molecule has 4 nitrogen and oxygen atoms in total. The fraction of sp³-hybridized carbons (Fsp3) is 0.667. The largest absolute Gasteiger partial charge is 0.422 e. The summed E-state index contributed by atoms with van der Waals surface area (Å²) in [5, 5.41) is 0. The first-order valence-corrected chi connectivity index (χ1v) is 5.92. The normalized spacial score (nSPS) is 18.3. The van der Waals surface area contributed by atoms with Gasteiger partial charge in [0.05, 0.1) is 0 Å². The molecule has 2 rings (SSSR count). The fourth-order valence-corrected chi connectivity index (χ4v) is 2.39. The lowest BCUT2D eigenvalue weighted by molar-refractivity contribution is 0.336. The smallest absolute Gasteiger partial charge is 0.415 e. The van der Waals surface area contributed by atoms with E-state index in [1.54, 1.807) is 6.92 Å². The van der Waals surface area contributed by atoms with Gasteiger partial charge in [0.2, 0.25) is 0 Å². The summed E-state index contributed by atoms with van der Waals surface area (Å²) in [6, 6.07) is 1.43. The van der Waals surface area contributed by atoms with E-state index in [4.69, 9.17) is 4.42 Å². The van der Waals surface area contributed by atoms with Crippen LogP contribution in [0.15, 0.2) is 20.1 Å². The maximum atomic E-state index is 11.8. The third-order valence-corrected chi connectivity index (χ3v) is 3.20. The Morgan fingerprint density at radius 2 is 1.81 bits per heavy atom. The van der Waals surface area contributed by atoms with Crippen molar-refractivity contribution >= 4 is 0 Å². The second-order valence-electron chi connectivity index (χ2n) is 4.48. The monoisotopic (exact) mass is 223 g/mol. The average Bonchev–Trinajstić information content (AvgIpc) is 2.44. The lowest BCUT2D eigenvalue weighted by atomic mass is 10.1. The van der Waals surface area contributed by atoms with Crippen molar-refractivity contribution in [3.8, 4) is 0 Å². The van der Waals surface area contributed by atoms with Crippen LogP contribution >= 0.6 is 0 Å². The highest BCUT2D eigenvalue weighted by Crippen LogP contribution is 2.24. The van der Waals surface area contributed by atoms with Crippen LogP contribution in [0.4, 0.5) is 0 Å². The molecular formula is C12H17NO3. The van der Waals surface area contributed by atoms with Gasteiger partial charge in [0.15, 0.2) is 0 Å². The van der Waals surface area contributed by atoms with E-state index in [0.29, 0.717) is 5.76 Å². The molecule has 0 unspecified atom stereocenters. The Kier molecular flexibility index (Phi) is 3.27. The molecule has 0 atom stereocenters. The van der Waals surface area contributed by atoms with Crippen molar-refractivity contribution in [2.45, 2.75) is 51.5 Å². The lowest BCUT2D eigenvalue weighted by Gasteiger charge is -2.15. The third-order valence-electron chi connectivity index (χ3n) is 3.20. The predicted octanol–water partition coefficient (Wildman–Crippen LogP) is 2.01. The number of rotatable bonds is 1. The zero-order valence-electron chi connectivity index (χ0n) is 9.57. The van der Waals surface area contributed by atoms with Gasteiger partial charge in [-0.05, 0) is 19.8 Å². The Morgan fingerprint density at radius 3 is 2.38 bits per heavy atom.